The van der Waals surface area contributed by atoms with Gasteiger partial charge in [-0.25, -0.2) is 4.39 Å². The Morgan fingerprint density at radius 2 is 1.75 bits per heavy atom. The Bertz CT molecular complexity index is 967. The van der Waals surface area contributed by atoms with E-state index < -0.39 is 6.04 Å². The molecule has 2 aliphatic rings. The molecule has 2 saturated heterocycles. The van der Waals surface area contributed by atoms with Gasteiger partial charge >= 0.3 is 0 Å². The summed E-state index contributed by atoms with van der Waals surface area (Å²) in [5, 5.41) is 3.14. The van der Waals surface area contributed by atoms with E-state index in [-0.39, 0.29) is 24.1 Å². The minimum atomic E-state index is -0.704. The SMILES string of the molecule is O=C(CC1C(=O)N(c2ccccc2)C(=S)N1CCN1CCOCC1)Nc1ccc(F)cc1. The molecule has 0 bridgehead atoms. The number of morpholine rings is 1. The summed E-state index contributed by atoms with van der Waals surface area (Å²) in [5.74, 6) is -0.936. The van der Waals surface area contributed by atoms with Crippen LogP contribution < -0.4 is 10.2 Å². The second-order valence-electron chi connectivity index (χ2n) is 7.71. The van der Waals surface area contributed by atoms with Gasteiger partial charge in [-0.1, -0.05) is 18.2 Å². The number of halogens is 1. The van der Waals surface area contributed by atoms with Gasteiger partial charge in [-0.15, -0.1) is 0 Å². The molecule has 2 aromatic rings. The average molecular weight is 457 g/mol. The molecule has 2 aliphatic heterocycles. The summed E-state index contributed by atoms with van der Waals surface area (Å²) in [5.41, 5.74) is 1.16. The van der Waals surface area contributed by atoms with E-state index in [1.165, 1.54) is 29.2 Å². The fraction of sp³-hybridized carbons (Fsp3) is 0.348. The van der Waals surface area contributed by atoms with Crippen LogP contribution >= 0.6 is 12.2 Å². The number of nitrogens with zero attached hydrogens (tertiary/aromatic N) is 3. The first-order chi connectivity index (χ1) is 15.5. The Morgan fingerprint density at radius 1 is 1.06 bits per heavy atom. The lowest BCUT2D eigenvalue weighted by atomic mass is 10.1. The van der Waals surface area contributed by atoms with E-state index in [0.717, 1.165) is 19.6 Å². The summed E-state index contributed by atoms with van der Waals surface area (Å²) in [6.45, 7) is 4.27. The molecule has 0 aromatic heterocycles. The number of amides is 2. The van der Waals surface area contributed by atoms with Crippen molar-refractivity contribution in [2.45, 2.75) is 12.5 Å². The van der Waals surface area contributed by atoms with Crippen molar-refractivity contribution in [1.29, 1.82) is 0 Å². The number of para-hydroxylation sites is 1. The van der Waals surface area contributed by atoms with Crippen LogP contribution in [-0.4, -0.2) is 72.2 Å². The van der Waals surface area contributed by atoms with E-state index in [4.69, 9.17) is 17.0 Å². The molecule has 0 saturated carbocycles. The Kier molecular flexibility index (Phi) is 7.09. The zero-order valence-electron chi connectivity index (χ0n) is 17.6. The average Bonchev–Trinajstić information content (AvgIpc) is 3.04. The van der Waals surface area contributed by atoms with Crippen molar-refractivity contribution < 1.29 is 18.7 Å². The summed E-state index contributed by atoms with van der Waals surface area (Å²) in [7, 11) is 0. The zero-order chi connectivity index (χ0) is 22.5. The first-order valence-corrected chi connectivity index (χ1v) is 11.0. The molecule has 32 heavy (non-hydrogen) atoms. The maximum atomic E-state index is 13.3. The van der Waals surface area contributed by atoms with Gasteiger partial charge in [-0.05, 0) is 48.6 Å². The molecule has 7 nitrogen and oxygen atoms in total. The van der Waals surface area contributed by atoms with Crippen LogP contribution in [0.4, 0.5) is 15.8 Å². The monoisotopic (exact) mass is 456 g/mol. The smallest absolute Gasteiger partial charge is 0.256 e. The number of anilines is 2. The lowest BCUT2D eigenvalue weighted by Crippen LogP contribution is -2.45. The van der Waals surface area contributed by atoms with Gasteiger partial charge in [0, 0.05) is 31.9 Å². The summed E-state index contributed by atoms with van der Waals surface area (Å²) < 4.78 is 18.5. The number of nitrogens with one attached hydrogen (secondary N) is 1. The second kappa shape index (κ2) is 10.2. The fourth-order valence-corrected chi connectivity index (χ4v) is 4.31. The number of ether oxygens (including phenoxy) is 1. The normalized spacial score (nSPS) is 19.5. The van der Waals surface area contributed by atoms with Crippen LogP contribution in [-0.2, 0) is 14.3 Å². The van der Waals surface area contributed by atoms with Crippen LogP contribution in [0.5, 0.6) is 0 Å². The Labute approximate surface area is 191 Å². The number of rotatable bonds is 7. The number of carbonyl (C=O) groups is 2. The molecule has 2 heterocycles. The van der Waals surface area contributed by atoms with E-state index in [1.807, 2.05) is 35.2 Å². The minimum Gasteiger partial charge on any atom is -0.379 e. The van der Waals surface area contributed by atoms with Crippen molar-refractivity contribution in [3.05, 3.63) is 60.4 Å². The van der Waals surface area contributed by atoms with Gasteiger partial charge in [0.25, 0.3) is 5.91 Å². The molecular weight excluding hydrogens is 431 g/mol. The van der Waals surface area contributed by atoms with Crippen LogP contribution in [0, 0.1) is 5.82 Å². The van der Waals surface area contributed by atoms with Crippen molar-refractivity contribution in [3.63, 3.8) is 0 Å². The molecule has 2 aromatic carbocycles. The molecule has 9 heteroatoms. The third kappa shape index (κ3) is 5.12. The largest absolute Gasteiger partial charge is 0.379 e. The van der Waals surface area contributed by atoms with Crippen LogP contribution in [0.15, 0.2) is 54.6 Å². The van der Waals surface area contributed by atoms with Gasteiger partial charge in [-0.2, -0.15) is 0 Å². The predicted octanol–water partition coefficient (Wildman–Crippen LogP) is 2.49. The molecule has 2 amide bonds. The molecule has 4 rings (SSSR count). The number of benzene rings is 2. The first kappa shape index (κ1) is 22.3. The van der Waals surface area contributed by atoms with E-state index in [9.17, 15) is 14.0 Å². The fourth-order valence-electron chi connectivity index (χ4n) is 3.90. The van der Waals surface area contributed by atoms with Crippen LogP contribution in [0.25, 0.3) is 0 Å². The lowest BCUT2D eigenvalue weighted by molar-refractivity contribution is -0.124. The van der Waals surface area contributed by atoms with E-state index >= 15 is 0 Å². The molecule has 0 aliphatic carbocycles. The van der Waals surface area contributed by atoms with Crippen LogP contribution in [0.3, 0.4) is 0 Å². The summed E-state index contributed by atoms with van der Waals surface area (Å²) in [6, 6.07) is 14.0. The molecule has 1 N–H and O–H groups in total. The van der Waals surface area contributed by atoms with Gasteiger partial charge in [-0.3, -0.25) is 19.4 Å². The van der Waals surface area contributed by atoms with Crippen molar-refractivity contribution in [1.82, 2.24) is 9.80 Å². The number of hydrogen-bond acceptors (Lipinski definition) is 5. The second-order valence-corrected chi connectivity index (χ2v) is 8.08. The van der Waals surface area contributed by atoms with Crippen molar-refractivity contribution in [3.8, 4) is 0 Å². The lowest BCUT2D eigenvalue weighted by Gasteiger charge is -2.30. The van der Waals surface area contributed by atoms with Gasteiger partial charge in [0.1, 0.15) is 11.9 Å². The summed E-state index contributed by atoms with van der Waals surface area (Å²) >= 11 is 5.68. The Hall–Kier alpha value is -2.88. The van der Waals surface area contributed by atoms with E-state index in [1.54, 1.807) is 0 Å². The summed E-state index contributed by atoms with van der Waals surface area (Å²) in [6.07, 6.45) is -0.0528. The van der Waals surface area contributed by atoms with E-state index in [2.05, 4.69) is 10.2 Å². The van der Waals surface area contributed by atoms with Crippen LogP contribution in [0.2, 0.25) is 0 Å². The molecular formula is C23H25FN4O3S. The highest BCUT2D eigenvalue weighted by Crippen LogP contribution is 2.27. The van der Waals surface area contributed by atoms with Crippen molar-refractivity contribution in [2.24, 2.45) is 0 Å². The highest BCUT2D eigenvalue weighted by molar-refractivity contribution is 7.80. The van der Waals surface area contributed by atoms with Gasteiger partial charge < -0.3 is 15.0 Å². The van der Waals surface area contributed by atoms with Gasteiger partial charge in [0.05, 0.1) is 25.3 Å². The molecule has 0 radical (unpaired) electrons. The topological polar surface area (TPSA) is 65.1 Å². The Morgan fingerprint density at radius 3 is 2.44 bits per heavy atom. The third-order valence-electron chi connectivity index (χ3n) is 5.60. The molecule has 2 fully saturated rings. The highest BCUT2D eigenvalue weighted by atomic mass is 32.1. The number of carbonyl (C=O) groups excluding carboxylic acids is 2. The van der Waals surface area contributed by atoms with Crippen molar-refractivity contribution in [2.75, 3.05) is 49.6 Å². The zero-order valence-corrected chi connectivity index (χ0v) is 18.4. The molecule has 1 unspecified atom stereocenters. The maximum absolute atomic E-state index is 13.3. The van der Waals surface area contributed by atoms with Crippen molar-refractivity contribution >= 4 is 40.5 Å². The predicted molar refractivity (Wildman–Crippen MR) is 124 cm³/mol. The van der Waals surface area contributed by atoms with E-state index in [0.29, 0.717) is 36.2 Å². The van der Waals surface area contributed by atoms with Gasteiger partial charge in [0.15, 0.2) is 5.11 Å². The third-order valence-corrected chi connectivity index (χ3v) is 6.02. The van der Waals surface area contributed by atoms with Crippen LogP contribution in [0.1, 0.15) is 6.42 Å². The number of hydrogen-bond donors (Lipinski definition) is 1. The Balaban J connectivity index is 1.50. The molecule has 1 atom stereocenters. The maximum Gasteiger partial charge on any atom is 0.256 e. The quantitative estimate of drug-likeness (QED) is 0.646. The number of thiocarbonyl (C=S) groups is 1. The first-order valence-electron chi connectivity index (χ1n) is 10.6. The molecule has 0 spiro atoms. The minimum absolute atomic E-state index is 0.0528. The van der Waals surface area contributed by atoms with Gasteiger partial charge in [0.2, 0.25) is 5.91 Å². The summed E-state index contributed by atoms with van der Waals surface area (Å²) in [4.78, 5) is 31.7. The highest BCUT2D eigenvalue weighted by Gasteiger charge is 2.44. The standard InChI is InChI=1S/C23H25FN4O3S/c24-17-6-8-18(9-7-17)25-21(29)16-20-22(30)28(19-4-2-1-3-5-19)23(32)27(20)11-10-26-12-14-31-15-13-26/h1-9,20H,10-16H2,(H,25,29). The molecule has 168 valence electrons.